The van der Waals surface area contributed by atoms with Crippen LogP contribution >= 0.6 is 24.4 Å². The molecule has 0 aliphatic heterocycles. The van der Waals surface area contributed by atoms with Crippen molar-refractivity contribution in [1.29, 1.82) is 0 Å². The van der Waals surface area contributed by atoms with E-state index in [0.717, 1.165) is 0 Å². The quantitative estimate of drug-likeness (QED) is 0.643. The summed E-state index contributed by atoms with van der Waals surface area (Å²) in [6.45, 7) is 1.69. The molecule has 0 atom stereocenters. The van der Waals surface area contributed by atoms with Gasteiger partial charge >= 0.3 is 0 Å². The first-order valence-corrected chi connectivity index (χ1v) is 8.86. The second-order valence-electron chi connectivity index (χ2n) is 5.62. The highest BCUT2D eigenvalue weighted by Gasteiger charge is 2.14. The molecule has 27 heavy (non-hydrogen) atoms. The highest BCUT2D eigenvalue weighted by molar-refractivity contribution is 7.82. The van der Waals surface area contributed by atoms with E-state index in [1.807, 2.05) is 0 Å². The molecule has 0 fully saturated rings. The zero-order valence-corrected chi connectivity index (χ0v) is 17.1. The number of aryl methyl sites for hydroxylation is 1. The van der Waals surface area contributed by atoms with E-state index in [-0.39, 0.29) is 12.2 Å². The summed E-state index contributed by atoms with van der Waals surface area (Å²) in [5, 5.41) is 5.97. The number of rotatable bonds is 7. The highest BCUT2D eigenvalue weighted by atomic mass is 32.1. The van der Waals surface area contributed by atoms with Crippen LogP contribution in [0.5, 0.6) is 17.2 Å². The predicted molar refractivity (Wildman–Crippen MR) is 114 cm³/mol. The van der Waals surface area contributed by atoms with Crippen LogP contribution in [0.4, 0.5) is 15.8 Å². The lowest BCUT2D eigenvalue weighted by atomic mass is 10.2. The molecular formula is C19H21FN2O3S2. The van der Waals surface area contributed by atoms with Crippen molar-refractivity contribution in [3.05, 3.63) is 41.7 Å². The summed E-state index contributed by atoms with van der Waals surface area (Å²) in [7, 11) is 4.61. The molecule has 0 aromatic heterocycles. The smallest absolute Gasteiger partial charge is 0.203 e. The third-order valence-electron chi connectivity index (χ3n) is 3.74. The third kappa shape index (κ3) is 5.27. The van der Waals surface area contributed by atoms with Gasteiger partial charge in [0.05, 0.1) is 37.0 Å². The van der Waals surface area contributed by atoms with Gasteiger partial charge in [0.25, 0.3) is 0 Å². The van der Waals surface area contributed by atoms with Crippen molar-refractivity contribution in [3.8, 4) is 17.2 Å². The SMILES string of the molecule is COc1cc(NC(=S)CC(=S)Nc2cccc(C)c2F)cc(OC)c1OC. The van der Waals surface area contributed by atoms with Crippen LogP contribution in [-0.2, 0) is 0 Å². The normalized spacial score (nSPS) is 10.1. The number of hydrogen-bond acceptors (Lipinski definition) is 5. The molecule has 0 radical (unpaired) electrons. The van der Waals surface area contributed by atoms with Crippen molar-refractivity contribution in [1.82, 2.24) is 0 Å². The van der Waals surface area contributed by atoms with Crippen LogP contribution in [-0.4, -0.2) is 31.3 Å². The maximum atomic E-state index is 14.1. The second-order valence-corrected chi connectivity index (χ2v) is 6.61. The number of thiocarbonyl (C=S) groups is 2. The van der Waals surface area contributed by atoms with Gasteiger partial charge in [-0.15, -0.1) is 0 Å². The van der Waals surface area contributed by atoms with Gasteiger partial charge in [0, 0.05) is 24.2 Å². The van der Waals surface area contributed by atoms with Crippen molar-refractivity contribution >= 4 is 45.8 Å². The summed E-state index contributed by atoms with van der Waals surface area (Å²) < 4.78 is 30.0. The van der Waals surface area contributed by atoms with Crippen LogP contribution in [0, 0.1) is 12.7 Å². The van der Waals surface area contributed by atoms with E-state index in [2.05, 4.69) is 10.6 Å². The number of anilines is 2. The third-order valence-corrected chi connectivity index (χ3v) is 4.23. The van der Waals surface area contributed by atoms with Crippen molar-refractivity contribution in [2.24, 2.45) is 0 Å². The number of hydrogen-bond donors (Lipinski definition) is 2. The maximum Gasteiger partial charge on any atom is 0.203 e. The molecule has 2 aromatic carbocycles. The average Bonchev–Trinajstić information content (AvgIpc) is 2.64. The lowest BCUT2D eigenvalue weighted by Crippen LogP contribution is -2.19. The minimum Gasteiger partial charge on any atom is -0.493 e. The van der Waals surface area contributed by atoms with E-state index < -0.39 is 0 Å². The van der Waals surface area contributed by atoms with Gasteiger partial charge in [-0.2, -0.15) is 0 Å². The molecule has 0 heterocycles. The molecule has 0 saturated heterocycles. The molecule has 0 unspecified atom stereocenters. The Balaban J connectivity index is 2.07. The summed E-state index contributed by atoms with van der Waals surface area (Å²) in [4.78, 5) is 0.874. The zero-order valence-electron chi connectivity index (χ0n) is 15.5. The topological polar surface area (TPSA) is 51.8 Å². The molecular weight excluding hydrogens is 387 g/mol. The largest absolute Gasteiger partial charge is 0.493 e. The van der Waals surface area contributed by atoms with Crippen molar-refractivity contribution < 1.29 is 18.6 Å². The molecule has 2 rings (SSSR count). The van der Waals surface area contributed by atoms with Crippen molar-refractivity contribution in [2.45, 2.75) is 13.3 Å². The molecule has 0 spiro atoms. The molecule has 0 aliphatic rings. The van der Waals surface area contributed by atoms with E-state index in [9.17, 15) is 4.39 Å². The minimum atomic E-state index is -0.330. The Morgan fingerprint density at radius 1 is 0.963 bits per heavy atom. The summed E-state index contributed by atoms with van der Waals surface area (Å²) in [5.41, 5.74) is 1.54. The van der Waals surface area contributed by atoms with Gasteiger partial charge in [0.1, 0.15) is 5.82 Å². The Kier molecular flexibility index (Phi) is 7.32. The number of nitrogens with one attached hydrogen (secondary N) is 2. The van der Waals surface area contributed by atoms with E-state index >= 15 is 0 Å². The second kappa shape index (κ2) is 9.48. The van der Waals surface area contributed by atoms with Gasteiger partial charge in [-0.05, 0) is 18.6 Å². The Labute approximate surface area is 168 Å². The maximum absolute atomic E-state index is 14.1. The van der Waals surface area contributed by atoms with Gasteiger partial charge in [-0.1, -0.05) is 36.6 Å². The van der Waals surface area contributed by atoms with E-state index in [1.165, 1.54) is 21.3 Å². The summed E-state index contributed by atoms with van der Waals surface area (Å²) in [6.07, 6.45) is 0.259. The fraction of sp³-hybridized carbons (Fsp3) is 0.263. The molecule has 2 N–H and O–H groups in total. The Morgan fingerprint density at radius 2 is 1.56 bits per heavy atom. The predicted octanol–water partition coefficient (Wildman–Crippen LogP) is 4.73. The van der Waals surface area contributed by atoms with Crippen LogP contribution in [0.1, 0.15) is 12.0 Å². The van der Waals surface area contributed by atoms with Gasteiger partial charge in [-0.25, -0.2) is 4.39 Å². The van der Waals surface area contributed by atoms with E-state index in [0.29, 0.717) is 44.2 Å². The van der Waals surface area contributed by atoms with Gasteiger partial charge < -0.3 is 24.8 Å². The van der Waals surface area contributed by atoms with Crippen molar-refractivity contribution in [2.75, 3.05) is 32.0 Å². The van der Waals surface area contributed by atoms with E-state index in [1.54, 1.807) is 37.3 Å². The van der Waals surface area contributed by atoms with Crippen LogP contribution in [0.15, 0.2) is 30.3 Å². The average molecular weight is 409 g/mol. The first-order chi connectivity index (χ1) is 12.9. The molecule has 144 valence electrons. The minimum absolute atomic E-state index is 0.259. The molecule has 2 aromatic rings. The molecule has 0 bridgehead atoms. The number of ether oxygens (including phenoxy) is 3. The standard InChI is InChI=1S/C19H21FN2O3S2/c1-11-6-5-7-13(18(11)20)22-17(27)10-16(26)21-12-8-14(23-2)19(25-4)15(9-12)24-3/h5-9H,10H2,1-4H3,(H,21,26)(H,22,27). The van der Waals surface area contributed by atoms with Crippen LogP contribution in [0.3, 0.4) is 0 Å². The zero-order chi connectivity index (χ0) is 20.0. The number of methoxy groups -OCH3 is 3. The monoisotopic (exact) mass is 408 g/mol. The Hall–Kier alpha value is -2.45. The molecule has 8 heteroatoms. The first-order valence-electron chi connectivity index (χ1n) is 8.04. The molecule has 0 aliphatic carbocycles. The molecule has 0 saturated carbocycles. The van der Waals surface area contributed by atoms with Crippen LogP contribution < -0.4 is 24.8 Å². The lowest BCUT2D eigenvalue weighted by molar-refractivity contribution is 0.324. The van der Waals surface area contributed by atoms with Gasteiger partial charge in [0.15, 0.2) is 11.5 Å². The highest BCUT2D eigenvalue weighted by Crippen LogP contribution is 2.40. The van der Waals surface area contributed by atoms with Gasteiger partial charge in [0.2, 0.25) is 5.75 Å². The van der Waals surface area contributed by atoms with Crippen LogP contribution in [0.2, 0.25) is 0 Å². The molecule has 5 nitrogen and oxygen atoms in total. The summed E-state index contributed by atoms with van der Waals surface area (Å²) >= 11 is 10.7. The lowest BCUT2D eigenvalue weighted by Gasteiger charge is -2.16. The Bertz CT molecular complexity index is 834. The fourth-order valence-electron chi connectivity index (χ4n) is 2.44. The Morgan fingerprint density at radius 3 is 2.11 bits per heavy atom. The number of benzene rings is 2. The first kappa shape index (κ1) is 20.9. The fourth-order valence-corrected chi connectivity index (χ4v) is 3.05. The number of halogens is 1. The summed E-state index contributed by atoms with van der Waals surface area (Å²) in [6, 6.07) is 8.56. The van der Waals surface area contributed by atoms with Crippen molar-refractivity contribution in [3.63, 3.8) is 0 Å². The van der Waals surface area contributed by atoms with Gasteiger partial charge in [-0.3, -0.25) is 0 Å². The van der Waals surface area contributed by atoms with E-state index in [4.69, 9.17) is 38.6 Å². The molecule has 0 amide bonds. The summed E-state index contributed by atoms with van der Waals surface area (Å²) in [5.74, 6) is 1.17. The van der Waals surface area contributed by atoms with Crippen LogP contribution in [0.25, 0.3) is 0 Å².